The number of carboxylic acid groups (broad SMARTS) is 1. The summed E-state index contributed by atoms with van der Waals surface area (Å²) >= 11 is 1.46. The number of hydrogen-bond acceptors (Lipinski definition) is 4. The Morgan fingerprint density at radius 2 is 2.06 bits per heavy atom. The molecule has 0 aromatic rings. The third-order valence-corrected chi connectivity index (χ3v) is 2.76. The molecule has 0 amide bonds. The molecule has 1 radical (unpaired) electrons. The van der Waals surface area contributed by atoms with E-state index in [2.05, 4.69) is 4.99 Å². The molecule has 0 aromatic carbocycles. The third-order valence-electron chi connectivity index (χ3n) is 1.49. The Labute approximate surface area is 135 Å². The minimum Gasteiger partial charge on any atom is -0.480 e. The Balaban J connectivity index is -0.000000845. The van der Waals surface area contributed by atoms with Gasteiger partial charge in [-0.05, 0) is 13.8 Å². The second-order valence-corrected chi connectivity index (χ2v) is 4.40. The van der Waals surface area contributed by atoms with E-state index in [0.717, 1.165) is 5.75 Å². The maximum Gasteiger partial charge on any atom is 0.324 e. The van der Waals surface area contributed by atoms with Crippen molar-refractivity contribution in [3.63, 3.8) is 0 Å². The topological polar surface area (TPSA) is 133 Å². The first-order valence-corrected chi connectivity index (χ1v) is 5.38. The van der Waals surface area contributed by atoms with Gasteiger partial charge in [-0.25, -0.2) is 0 Å². The number of carboxylic acids is 1. The zero-order valence-electron chi connectivity index (χ0n) is 9.56. The molecule has 0 aliphatic carbocycles. The van der Waals surface area contributed by atoms with E-state index in [1.807, 2.05) is 0 Å². The van der Waals surface area contributed by atoms with Gasteiger partial charge in [0, 0.05) is 62.1 Å². The molecule has 93 valence electrons. The Kier molecular flexibility index (Phi) is 14.8. The molecule has 7 N–H and O–H groups in total. The van der Waals surface area contributed by atoms with Gasteiger partial charge in [0.15, 0.2) is 0 Å². The predicted molar refractivity (Wildman–Crippen MR) is 63.3 cm³/mol. The first-order chi connectivity index (χ1) is 6.36. The molecule has 0 saturated carbocycles. The van der Waals surface area contributed by atoms with Crippen molar-refractivity contribution in [2.24, 2.45) is 16.5 Å². The summed E-state index contributed by atoms with van der Waals surface area (Å²) in [5, 5.41) is 8.70. The van der Waals surface area contributed by atoms with Crippen LogP contribution in [0.1, 0.15) is 13.8 Å². The fourth-order valence-corrected chi connectivity index (χ4v) is 1.54. The van der Waals surface area contributed by atoms with Crippen LogP contribution in [0.15, 0.2) is 4.99 Å². The van der Waals surface area contributed by atoms with E-state index in [1.54, 1.807) is 6.92 Å². The van der Waals surface area contributed by atoms with Crippen LogP contribution in [0.25, 0.3) is 0 Å². The van der Waals surface area contributed by atoms with Crippen LogP contribution in [0.3, 0.4) is 0 Å². The van der Waals surface area contributed by atoms with Crippen LogP contribution < -0.4 is 11.5 Å². The number of aliphatic imine (C=N–C) groups is 1. The first kappa shape index (κ1) is 21.9. The van der Waals surface area contributed by atoms with Gasteiger partial charge >= 0.3 is 5.97 Å². The first-order valence-electron chi connectivity index (χ1n) is 4.23. The Morgan fingerprint density at radius 3 is 2.44 bits per heavy atom. The summed E-state index contributed by atoms with van der Waals surface area (Å²) < 4.78 is 0. The summed E-state index contributed by atoms with van der Waals surface area (Å²) in [6.07, 6.45) is 0. The fraction of sp³-hybridized carbons (Fsp3) is 0.750. The van der Waals surface area contributed by atoms with E-state index >= 15 is 0 Å². The molecule has 0 unspecified atom stereocenters. The number of amidine groups is 1. The fourth-order valence-electron chi connectivity index (χ4n) is 0.632. The van der Waals surface area contributed by atoms with Crippen molar-refractivity contribution < 1.29 is 59.4 Å². The van der Waals surface area contributed by atoms with Crippen LogP contribution in [-0.4, -0.2) is 46.0 Å². The van der Waals surface area contributed by atoms with Crippen molar-refractivity contribution >= 4 is 23.6 Å². The second-order valence-electron chi connectivity index (χ2n) is 3.30. The average Bonchev–Trinajstić information content (AvgIpc) is 2.02. The number of carbonyl (C=O) groups is 1. The van der Waals surface area contributed by atoms with E-state index in [-0.39, 0.29) is 49.5 Å². The van der Waals surface area contributed by atoms with E-state index in [4.69, 9.17) is 16.6 Å². The largest absolute Gasteiger partial charge is 0.480 e. The smallest absolute Gasteiger partial charge is 0.324 e. The van der Waals surface area contributed by atoms with Crippen LogP contribution in [0.5, 0.6) is 0 Å². The van der Waals surface area contributed by atoms with Crippen LogP contribution in [-0.2, 0) is 4.79 Å². The molecule has 1 atom stereocenters. The molecule has 0 heterocycles. The summed E-state index contributed by atoms with van der Waals surface area (Å²) in [5.74, 6) is 0.665. The van der Waals surface area contributed by atoms with Crippen LogP contribution in [0, 0.1) is 44.1 Å². The zero-order chi connectivity index (χ0) is 11.2. The van der Waals surface area contributed by atoms with Crippen molar-refractivity contribution in [1.82, 2.24) is 0 Å². The number of aliphatic carboxylic acids is 1. The van der Waals surface area contributed by atoms with Crippen molar-refractivity contribution in [2.45, 2.75) is 19.4 Å². The number of nitrogens with zero attached hydrogens (tertiary/aromatic N) is 1. The van der Waals surface area contributed by atoms with Crippen molar-refractivity contribution in [3.05, 3.63) is 0 Å². The maximum atomic E-state index is 10.6. The second kappa shape index (κ2) is 10.8. The minimum absolute atomic E-state index is 0. The van der Waals surface area contributed by atoms with E-state index in [9.17, 15) is 4.79 Å². The monoisotopic (exact) mass is 464 g/mol. The van der Waals surface area contributed by atoms with Gasteiger partial charge in [-0.15, -0.1) is 0 Å². The van der Waals surface area contributed by atoms with Gasteiger partial charge in [0.05, 0.1) is 5.84 Å². The quantitative estimate of drug-likeness (QED) is 0.266. The molecule has 8 heteroatoms. The Morgan fingerprint density at radius 1 is 1.56 bits per heavy atom. The zero-order valence-corrected chi connectivity index (χ0v) is 15.1. The van der Waals surface area contributed by atoms with Crippen LogP contribution >= 0.6 is 11.8 Å². The molecule has 0 aliphatic heterocycles. The van der Waals surface area contributed by atoms with Gasteiger partial charge < -0.3 is 22.1 Å². The van der Waals surface area contributed by atoms with Crippen LogP contribution in [0.4, 0.5) is 0 Å². The molecular weight excluding hydrogens is 445 g/mol. The molecule has 0 spiro atoms. The number of nitrogens with two attached hydrogens (primary N) is 2. The summed E-state index contributed by atoms with van der Waals surface area (Å²) in [7, 11) is 0. The normalized spacial score (nSPS) is 14.3. The van der Waals surface area contributed by atoms with Gasteiger partial charge in [-0.1, -0.05) is 0 Å². The van der Waals surface area contributed by atoms with Crippen molar-refractivity contribution in [1.29, 1.82) is 0 Å². The molecule has 0 fully saturated rings. The van der Waals surface area contributed by atoms with Crippen LogP contribution in [0.2, 0.25) is 0 Å². The molecular formula is C8H19AcN3O3S. The summed E-state index contributed by atoms with van der Waals surface area (Å²) in [6.45, 7) is 3.82. The number of rotatable bonds is 6. The minimum atomic E-state index is -1.16. The molecule has 0 saturated heterocycles. The van der Waals surface area contributed by atoms with Crippen molar-refractivity contribution in [3.8, 4) is 0 Å². The number of hydrogen-bond donors (Lipinski definition) is 3. The molecule has 0 aliphatic rings. The maximum absolute atomic E-state index is 10.6. The van der Waals surface area contributed by atoms with Gasteiger partial charge in [0.1, 0.15) is 5.54 Å². The molecule has 16 heavy (non-hydrogen) atoms. The third kappa shape index (κ3) is 11.1. The predicted octanol–water partition coefficient (Wildman–Crippen LogP) is -0.926. The summed E-state index contributed by atoms with van der Waals surface area (Å²) in [5.41, 5.74) is 9.69. The molecule has 0 bridgehead atoms. The standard InChI is InChI=1S/C8H17N3O2S.Ac.H2O/c1-6(9)11-3-4-14-5-8(2,10)7(12)13;;/h3-5,10H2,1-2H3,(H2,9,11)(H,12,13);;1H2/t8-;;/m0../s1. The van der Waals surface area contributed by atoms with Gasteiger partial charge in [0.25, 0.3) is 0 Å². The van der Waals surface area contributed by atoms with Gasteiger partial charge in [-0.3, -0.25) is 9.79 Å². The van der Waals surface area contributed by atoms with Gasteiger partial charge in [-0.2, -0.15) is 11.8 Å². The Bertz CT molecular complexity index is 233. The van der Waals surface area contributed by atoms with E-state index < -0.39 is 11.5 Å². The van der Waals surface area contributed by atoms with E-state index in [1.165, 1.54) is 18.7 Å². The molecule has 6 nitrogen and oxygen atoms in total. The summed E-state index contributed by atoms with van der Waals surface area (Å²) in [6, 6.07) is 0. The van der Waals surface area contributed by atoms with E-state index in [0.29, 0.717) is 18.1 Å². The molecule has 0 aromatic heterocycles. The average molecular weight is 464 g/mol. The Hall–Kier alpha value is 0.652. The summed E-state index contributed by atoms with van der Waals surface area (Å²) in [4.78, 5) is 14.6. The SMILES string of the molecule is CC(N)=NCCSC[C@](C)(N)C(=O)O.O.[Ac]. The number of thioether (sulfide) groups is 1. The van der Waals surface area contributed by atoms with Gasteiger partial charge in [0.2, 0.25) is 0 Å². The van der Waals surface area contributed by atoms with Crippen molar-refractivity contribution in [2.75, 3.05) is 18.1 Å². The molecule has 0 rings (SSSR count).